The molecule has 6 nitrogen and oxygen atoms in total. The molecule has 4 aliphatic rings. The highest BCUT2D eigenvalue weighted by Gasteiger charge is 2.55. The second kappa shape index (κ2) is 6.21. The third-order valence-electron chi connectivity index (χ3n) is 6.09. The molecule has 4 aliphatic heterocycles. The van der Waals surface area contributed by atoms with E-state index in [1.54, 1.807) is 11.3 Å². The van der Waals surface area contributed by atoms with Gasteiger partial charge in [0.15, 0.2) is 0 Å². The normalized spacial score (nSPS) is 29.4. The van der Waals surface area contributed by atoms with Crippen molar-refractivity contribution in [2.24, 2.45) is 5.92 Å². The first-order valence-corrected chi connectivity index (χ1v) is 10.3. The summed E-state index contributed by atoms with van der Waals surface area (Å²) in [6, 6.07) is 8.15. The zero-order valence-corrected chi connectivity index (χ0v) is 16.5. The standard InChI is InChI=1S/C20H24N4O2S/c1-22(2)18-15(4-3-9-21-18)16-5-6-17(27-16)24-13-20(26-19(24)25)12-23-10-7-14(20)8-11-23/h3-6,9,14H,7-8,10-13H2,1-2H3/t20-/m1/s1. The summed E-state index contributed by atoms with van der Waals surface area (Å²) in [5.74, 6) is 1.43. The van der Waals surface area contributed by atoms with E-state index in [2.05, 4.69) is 22.0 Å². The number of amides is 1. The van der Waals surface area contributed by atoms with E-state index in [-0.39, 0.29) is 11.7 Å². The molecular weight excluding hydrogens is 360 g/mol. The highest BCUT2D eigenvalue weighted by molar-refractivity contribution is 7.19. The van der Waals surface area contributed by atoms with Gasteiger partial charge >= 0.3 is 6.09 Å². The SMILES string of the molecule is CN(C)c1ncccc1-c1ccc(N2C[C@@]3(CN4CCC3CC4)OC2=O)s1. The van der Waals surface area contributed by atoms with Gasteiger partial charge in [-0.05, 0) is 50.2 Å². The Labute approximate surface area is 163 Å². The van der Waals surface area contributed by atoms with E-state index in [0.717, 1.165) is 53.7 Å². The number of fused-ring (bicyclic) bond motifs is 2. The van der Waals surface area contributed by atoms with Gasteiger partial charge in [-0.2, -0.15) is 0 Å². The molecule has 2 aromatic rings. The molecule has 0 saturated carbocycles. The summed E-state index contributed by atoms with van der Waals surface area (Å²) in [7, 11) is 3.99. The van der Waals surface area contributed by atoms with E-state index in [4.69, 9.17) is 4.74 Å². The average Bonchev–Trinajstić information content (AvgIpc) is 3.27. The fourth-order valence-corrected chi connectivity index (χ4v) is 5.76. The molecule has 4 fully saturated rings. The number of thiophene rings is 1. The molecule has 27 heavy (non-hydrogen) atoms. The van der Waals surface area contributed by atoms with Gasteiger partial charge in [0, 0.05) is 43.2 Å². The van der Waals surface area contributed by atoms with Crippen LogP contribution in [0.5, 0.6) is 0 Å². The number of nitrogens with zero attached hydrogens (tertiary/aromatic N) is 4. The first-order valence-electron chi connectivity index (χ1n) is 9.51. The summed E-state index contributed by atoms with van der Waals surface area (Å²) in [6.07, 6.45) is 3.89. The van der Waals surface area contributed by atoms with Crippen LogP contribution in [0.1, 0.15) is 12.8 Å². The van der Waals surface area contributed by atoms with Crippen LogP contribution in [0, 0.1) is 5.92 Å². The molecule has 0 unspecified atom stereocenters. The van der Waals surface area contributed by atoms with Gasteiger partial charge in [-0.25, -0.2) is 9.78 Å². The minimum Gasteiger partial charge on any atom is -0.439 e. The van der Waals surface area contributed by atoms with E-state index in [1.165, 1.54) is 0 Å². The molecule has 6 rings (SSSR count). The lowest BCUT2D eigenvalue weighted by molar-refractivity contribution is -0.0881. The predicted molar refractivity (Wildman–Crippen MR) is 108 cm³/mol. The summed E-state index contributed by atoms with van der Waals surface area (Å²) < 4.78 is 6.00. The van der Waals surface area contributed by atoms with Crippen molar-refractivity contribution in [3.05, 3.63) is 30.5 Å². The average molecular weight is 385 g/mol. The van der Waals surface area contributed by atoms with Crippen LogP contribution in [0.4, 0.5) is 15.6 Å². The molecule has 142 valence electrons. The van der Waals surface area contributed by atoms with Gasteiger partial charge in [0.05, 0.1) is 6.54 Å². The lowest BCUT2D eigenvalue weighted by Crippen LogP contribution is -2.61. The van der Waals surface area contributed by atoms with E-state index in [9.17, 15) is 4.79 Å². The van der Waals surface area contributed by atoms with Crippen LogP contribution in [-0.2, 0) is 4.74 Å². The minimum absolute atomic E-state index is 0.198. The Morgan fingerprint density at radius 2 is 2.04 bits per heavy atom. The molecule has 2 bridgehead atoms. The van der Waals surface area contributed by atoms with Crippen LogP contribution >= 0.6 is 11.3 Å². The Kier molecular flexibility index (Phi) is 3.91. The molecule has 1 amide bonds. The maximum atomic E-state index is 12.7. The lowest BCUT2D eigenvalue weighted by Gasteiger charge is -2.49. The quantitative estimate of drug-likeness (QED) is 0.813. The van der Waals surface area contributed by atoms with E-state index in [1.807, 2.05) is 42.2 Å². The van der Waals surface area contributed by atoms with Crippen molar-refractivity contribution in [2.45, 2.75) is 18.4 Å². The van der Waals surface area contributed by atoms with E-state index < -0.39 is 0 Å². The molecule has 2 aromatic heterocycles. The maximum Gasteiger partial charge on any atom is 0.415 e. The maximum absolute atomic E-state index is 12.7. The van der Waals surface area contributed by atoms with Crippen LogP contribution in [0.15, 0.2) is 30.5 Å². The van der Waals surface area contributed by atoms with E-state index in [0.29, 0.717) is 12.5 Å². The first-order chi connectivity index (χ1) is 13.1. The number of aromatic nitrogens is 1. The van der Waals surface area contributed by atoms with Crippen molar-refractivity contribution in [3.63, 3.8) is 0 Å². The fraction of sp³-hybridized carbons (Fsp3) is 0.500. The summed E-state index contributed by atoms with van der Waals surface area (Å²) in [5.41, 5.74) is 0.768. The summed E-state index contributed by atoms with van der Waals surface area (Å²) >= 11 is 1.63. The van der Waals surface area contributed by atoms with Gasteiger partial charge in [0.25, 0.3) is 0 Å². The number of rotatable bonds is 3. The highest BCUT2D eigenvalue weighted by Crippen LogP contribution is 2.45. The number of ether oxygens (including phenoxy) is 1. The monoisotopic (exact) mass is 384 g/mol. The van der Waals surface area contributed by atoms with Crippen molar-refractivity contribution >= 4 is 28.2 Å². The minimum atomic E-state index is -0.319. The van der Waals surface area contributed by atoms with Gasteiger partial charge in [-0.1, -0.05) is 0 Å². The topological polar surface area (TPSA) is 48.9 Å². The summed E-state index contributed by atoms with van der Waals surface area (Å²) in [4.78, 5) is 24.6. The Morgan fingerprint density at radius 3 is 2.74 bits per heavy atom. The number of carbonyl (C=O) groups excluding carboxylic acids is 1. The smallest absolute Gasteiger partial charge is 0.415 e. The van der Waals surface area contributed by atoms with Crippen LogP contribution in [0.25, 0.3) is 10.4 Å². The molecule has 1 atom stereocenters. The lowest BCUT2D eigenvalue weighted by atomic mass is 9.75. The molecule has 4 saturated heterocycles. The second-order valence-electron chi connectivity index (χ2n) is 7.98. The fourth-order valence-electron chi connectivity index (χ4n) is 4.74. The summed E-state index contributed by atoms with van der Waals surface area (Å²) in [6.45, 7) is 3.83. The molecule has 1 spiro atoms. The van der Waals surface area contributed by atoms with Gasteiger partial charge in [0.2, 0.25) is 0 Å². The van der Waals surface area contributed by atoms with E-state index >= 15 is 0 Å². The molecule has 0 aromatic carbocycles. The van der Waals surface area contributed by atoms with Crippen LogP contribution in [-0.4, -0.2) is 61.9 Å². The molecular formula is C20H24N4O2S. The van der Waals surface area contributed by atoms with Crippen molar-refractivity contribution in [2.75, 3.05) is 50.1 Å². The van der Waals surface area contributed by atoms with Gasteiger partial charge in [-0.15, -0.1) is 11.3 Å². The van der Waals surface area contributed by atoms with Crippen molar-refractivity contribution in [3.8, 4) is 10.4 Å². The number of anilines is 2. The number of hydrogen-bond donors (Lipinski definition) is 0. The largest absolute Gasteiger partial charge is 0.439 e. The third-order valence-corrected chi connectivity index (χ3v) is 7.23. The highest BCUT2D eigenvalue weighted by atomic mass is 32.1. The van der Waals surface area contributed by atoms with Crippen LogP contribution in [0.3, 0.4) is 0 Å². The summed E-state index contributed by atoms with van der Waals surface area (Å²) in [5, 5.41) is 0.955. The Bertz CT molecular complexity index is 874. The second-order valence-corrected chi connectivity index (χ2v) is 9.04. The Balaban J connectivity index is 1.43. The van der Waals surface area contributed by atoms with Crippen molar-refractivity contribution in [1.29, 1.82) is 0 Å². The Morgan fingerprint density at radius 1 is 1.22 bits per heavy atom. The van der Waals surface area contributed by atoms with Gasteiger partial charge in [0.1, 0.15) is 16.4 Å². The third kappa shape index (κ3) is 2.72. The van der Waals surface area contributed by atoms with Crippen LogP contribution in [0.2, 0.25) is 0 Å². The number of piperidine rings is 3. The van der Waals surface area contributed by atoms with Gasteiger partial charge in [-0.3, -0.25) is 9.80 Å². The Hall–Kier alpha value is -2.12. The van der Waals surface area contributed by atoms with Crippen molar-refractivity contribution in [1.82, 2.24) is 9.88 Å². The molecule has 0 N–H and O–H groups in total. The zero-order valence-electron chi connectivity index (χ0n) is 15.7. The van der Waals surface area contributed by atoms with Crippen LogP contribution < -0.4 is 9.80 Å². The molecule has 7 heteroatoms. The van der Waals surface area contributed by atoms with Gasteiger partial charge < -0.3 is 9.64 Å². The molecule has 0 aliphatic carbocycles. The molecule has 0 radical (unpaired) electrons. The molecule has 6 heterocycles. The zero-order chi connectivity index (χ0) is 18.6. The number of pyridine rings is 1. The number of hydrogen-bond acceptors (Lipinski definition) is 6. The first kappa shape index (κ1) is 17.0. The van der Waals surface area contributed by atoms with Crippen molar-refractivity contribution < 1.29 is 9.53 Å². The predicted octanol–water partition coefficient (Wildman–Crippen LogP) is 3.30. The number of carbonyl (C=O) groups is 1.